The Kier molecular flexibility index (Phi) is 4.78. The van der Waals surface area contributed by atoms with E-state index in [2.05, 4.69) is 5.32 Å². The van der Waals surface area contributed by atoms with Gasteiger partial charge >= 0.3 is 0 Å². The molecule has 0 radical (unpaired) electrons. The monoisotopic (exact) mass is 389 g/mol. The third-order valence-corrected chi connectivity index (χ3v) is 9.57. The quantitative estimate of drug-likeness (QED) is 0.841. The van der Waals surface area contributed by atoms with E-state index in [9.17, 15) is 21.2 Å². The number of hydrogen-bond acceptors (Lipinski definition) is 6. The maximum absolute atomic E-state index is 13.7. The number of thiophene rings is 1. The molecule has 0 aliphatic carbocycles. The Labute approximate surface area is 144 Å². The molecule has 0 spiro atoms. The van der Waals surface area contributed by atoms with Gasteiger partial charge in [0.15, 0.2) is 19.7 Å². The molecule has 9 heteroatoms. The lowest BCUT2D eigenvalue weighted by Crippen LogP contribution is -2.42. The third kappa shape index (κ3) is 3.53. The SMILES string of the molecule is O=S1(=O)CC(NCc2ccccc2F)C(S(=O)(=O)c2cccs2)C1. The molecule has 1 N–H and O–H groups in total. The molecule has 0 saturated carbocycles. The van der Waals surface area contributed by atoms with Crippen LogP contribution in [-0.2, 0) is 26.2 Å². The average molecular weight is 389 g/mol. The lowest BCUT2D eigenvalue weighted by molar-refractivity contribution is 0.516. The van der Waals surface area contributed by atoms with Crippen LogP contribution >= 0.6 is 11.3 Å². The number of nitrogens with one attached hydrogen (secondary N) is 1. The molecule has 1 aromatic carbocycles. The number of benzene rings is 1. The highest BCUT2D eigenvalue weighted by atomic mass is 32.2. The number of rotatable bonds is 5. The minimum absolute atomic E-state index is 0.0727. The Bertz CT molecular complexity index is 923. The zero-order chi connectivity index (χ0) is 17.4. The summed E-state index contributed by atoms with van der Waals surface area (Å²) in [6.07, 6.45) is 0. The van der Waals surface area contributed by atoms with Gasteiger partial charge in [-0.25, -0.2) is 21.2 Å². The Morgan fingerprint density at radius 2 is 1.92 bits per heavy atom. The van der Waals surface area contributed by atoms with Gasteiger partial charge in [0.25, 0.3) is 0 Å². The zero-order valence-corrected chi connectivity index (χ0v) is 15.0. The highest BCUT2D eigenvalue weighted by Crippen LogP contribution is 2.28. The Balaban J connectivity index is 1.84. The summed E-state index contributed by atoms with van der Waals surface area (Å²) in [6, 6.07) is 8.44. The Hall–Kier alpha value is -1.29. The van der Waals surface area contributed by atoms with E-state index in [4.69, 9.17) is 0 Å². The van der Waals surface area contributed by atoms with E-state index in [1.807, 2.05) is 0 Å². The van der Waals surface area contributed by atoms with Gasteiger partial charge in [-0.3, -0.25) is 0 Å². The van der Waals surface area contributed by atoms with E-state index < -0.39 is 42.5 Å². The highest BCUT2D eigenvalue weighted by Gasteiger charge is 2.45. The average Bonchev–Trinajstić information content (AvgIpc) is 3.14. The molecule has 2 heterocycles. The van der Waals surface area contributed by atoms with Gasteiger partial charge in [0, 0.05) is 18.2 Å². The summed E-state index contributed by atoms with van der Waals surface area (Å²) in [5.74, 6) is -1.10. The minimum atomic E-state index is -3.75. The second kappa shape index (κ2) is 6.55. The molecule has 1 aromatic heterocycles. The molecule has 1 saturated heterocycles. The van der Waals surface area contributed by atoms with Crippen LogP contribution in [0.4, 0.5) is 4.39 Å². The summed E-state index contributed by atoms with van der Waals surface area (Å²) in [6.45, 7) is 0.0727. The molecule has 1 aliphatic rings. The first-order valence-electron chi connectivity index (χ1n) is 7.24. The number of sulfone groups is 2. The van der Waals surface area contributed by atoms with Gasteiger partial charge in [-0.05, 0) is 17.5 Å². The lowest BCUT2D eigenvalue weighted by Gasteiger charge is -2.19. The molecule has 1 fully saturated rings. The van der Waals surface area contributed by atoms with Crippen molar-refractivity contribution in [3.05, 3.63) is 53.2 Å². The van der Waals surface area contributed by atoms with Gasteiger partial charge in [0.2, 0.25) is 0 Å². The van der Waals surface area contributed by atoms with Crippen molar-refractivity contribution in [1.82, 2.24) is 5.32 Å². The molecule has 0 bridgehead atoms. The van der Waals surface area contributed by atoms with Crippen LogP contribution in [0.1, 0.15) is 5.56 Å². The highest BCUT2D eigenvalue weighted by molar-refractivity contribution is 7.97. The van der Waals surface area contributed by atoms with E-state index in [1.54, 1.807) is 29.6 Å². The molecule has 3 rings (SSSR count). The van der Waals surface area contributed by atoms with Crippen molar-refractivity contribution in [1.29, 1.82) is 0 Å². The molecular weight excluding hydrogens is 373 g/mol. The third-order valence-electron chi connectivity index (χ3n) is 3.99. The normalized spacial score (nSPS) is 23.4. The Morgan fingerprint density at radius 1 is 1.17 bits per heavy atom. The van der Waals surface area contributed by atoms with Crippen LogP contribution < -0.4 is 5.32 Å². The van der Waals surface area contributed by atoms with E-state index in [-0.39, 0.29) is 16.5 Å². The Morgan fingerprint density at radius 3 is 2.58 bits per heavy atom. The van der Waals surface area contributed by atoms with Gasteiger partial charge in [0.1, 0.15) is 10.0 Å². The first kappa shape index (κ1) is 17.5. The van der Waals surface area contributed by atoms with Gasteiger partial charge in [-0.15, -0.1) is 11.3 Å². The summed E-state index contributed by atoms with van der Waals surface area (Å²) in [5.41, 5.74) is 0.370. The van der Waals surface area contributed by atoms with Gasteiger partial charge in [-0.2, -0.15) is 0 Å². The van der Waals surface area contributed by atoms with Crippen LogP contribution in [0.15, 0.2) is 46.0 Å². The second-order valence-corrected chi connectivity index (χ2v) is 11.2. The van der Waals surface area contributed by atoms with Crippen molar-refractivity contribution in [2.45, 2.75) is 22.0 Å². The summed E-state index contributed by atoms with van der Waals surface area (Å²) in [5, 5.41) is 3.49. The molecule has 130 valence electrons. The van der Waals surface area contributed by atoms with Gasteiger partial charge in [0.05, 0.1) is 16.8 Å². The smallest absolute Gasteiger partial charge is 0.193 e. The van der Waals surface area contributed by atoms with Crippen molar-refractivity contribution < 1.29 is 21.2 Å². The fourth-order valence-corrected chi connectivity index (χ4v) is 8.71. The molecular formula is C15H16FNO4S3. The van der Waals surface area contributed by atoms with E-state index in [0.29, 0.717) is 5.56 Å². The zero-order valence-electron chi connectivity index (χ0n) is 12.6. The van der Waals surface area contributed by atoms with Crippen LogP contribution in [0.5, 0.6) is 0 Å². The molecule has 24 heavy (non-hydrogen) atoms. The first-order chi connectivity index (χ1) is 11.3. The van der Waals surface area contributed by atoms with E-state index in [1.165, 1.54) is 12.1 Å². The topological polar surface area (TPSA) is 80.3 Å². The number of halogens is 1. The van der Waals surface area contributed by atoms with Crippen molar-refractivity contribution in [3.63, 3.8) is 0 Å². The van der Waals surface area contributed by atoms with E-state index in [0.717, 1.165) is 11.3 Å². The van der Waals surface area contributed by atoms with Crippen LogP contribution in [0, 0.1) is 5.82 Å². The van der Waals surface area contributed by atoms with Crippen molar-refractivity contribution in [2.24, 2.45) is 0 Å². The van der Waals surface area contributed by atoms with Gasteiger partial charge in [-0.1, -0.05) is 24.3 Å². The molecule has 1 aliphatic heterocycles. The summed E-state index contributed by atoms with van der Waals surface area (Å²) in [4.78, 5) is 0. The maximum Gasteiger partial charge on any atom is 0.193 e. The summed E-state index contributed by atoms with van der Waals surface area (Å²) in [7, 11) is -7.21. The summed E-state index contributed by atoms with van der Waals surface area (Å²) >= 11 is 1.07. The first-order valence-corrected chi connectivity index (χ1v) is 11.5. The van der Waals surface area contributed by atoms with Gasteiger partial charge < -0.3 is 5.32 Å². The van der Waals surface area contributed by atoms with Crippen molar-refractivity contribution in [3.8, 4) is 0 Å². The van der Waals surface area contributed by atoms with Crippen molar-refractivity contribution in [2.75, 3.05) is 11.5 Å². The molecule has 2 unspecified atom stereocenters. The van der Waals surface area contributed by atoms with Crippen LogP contribution in [0.25, 0.3) is 0 Å². The largest absolute Gasteiger partial charge is 0.307 e. The minimum Gasteiger partial charge on any atom is -0.307 e. The fraction of sp³-hybridized carbons (Fsp3) is 0.333. The predicted octanol–water partition coefficient (Wildman–Crippen LogP) is 1.62. The standard InChI is InChI=1S/C15H16FNO4S3/c16-12-5-2-1-4-11(12)8-17-13-9-23(18,19)10-14(13)24(20,21)15-6-3-7-22-15/h1-7,13-14,17H,8-10H2. The molecule has 0 amide bonds. The lowest BCUT2D eigenvalue weighted by atomic mass is 10.2. The summed E-state index contributed by atoms with van der Waals surface area (Å²) < 4.78 is 63.2. The van der Waals surface area contributed by atoms with Crippen LogP contribution in [0.3, 0.4) is 0 Å². The molecule has 2 aromatic rings. The molecule has 5 nitrogen and oxygen atoms in total. The van der Waals surface area contributed by atoms with Crippen molar-refractivity contribution >= 4 is 31.0 Å². The van der Waals surface area contributed by atoms with Crippen LogP contribution in [-0.4, -0.2) is 39.6 Å². The van der Waals surface area contributed by atoms with Crippen LogP contribution in [0.2, 0.25) is 0 Å². The second-order valence-electron chi connectivity index (χ2n) is 5.67. The van der Waals surface area contributed by atoms with E-state index >= 15 is 0 Å². The molecule has 2 atom stereocenters. The predicted molar refractivity (Wildman–Crippen MR) is 91.0 cm³/mol. The number of hydrogen-bond donors (Lipinski definition) is 1. The fourth-order valence-electron chi connectivity index (χ4n) is 2.77. The maximum atomic E-state index is 13.7.